The van der Waals surface area contributed by atoms with Crippen LogP contribution in [-0.2, 0) is 6.54 Å². The van der Waals surface area contributed by atoms with Crippen LogP contribution in [0.25, 0.3) is 10.6 Å². The largest absolute Gasteiger partial charge is 0.467 e. The van der Waals surface area contributed by atoms with Crippen molar-refractivity contribution in [1.29, 1.82) is 0 Å². The number of rotatable bonds is 5. The van der Waals surface area contributed by atoms with E-state index in [9.17, 15) is 18.0 Å². The van der Waals surface area contributed by atoms with Crippen molar-refractivity contribution in [3.63, 3.8) is 0 Å². The van der Waals surface area contributed by atoms with E-state index in [-0.39, 0.29) is 17.2 Å². The molecule has 0 fully saturated rings. The second-order valence-electron chi connectivity index (χ2n) is 5.53. The van der Waals surface area contributed by atoms with Crippen molar-refractivity contribution in [3.8, 4) is 10.6 Å². The highest BCUT2D eigenvalue weighted by atomic mass is 32.1. The Balaban J connectivity index is 1.90. The van der Waals surface area contributed by atoms with Gasteiger partial charge in [0, 0.05) is 18.0 Å². The SMILES string of the molecule is Cc1nc(-c2cccnc2)sc1C(=O)N(Cc1ccco1)CC(F)(F)F. The number of halogens is 3. The first-order chi connectivity index (χ1) is 12.3. The van der Waals surface area contributed by atoms with Crippen LogP contribution in [0.5, 0.6) is 0 Å². The van der Waals surface area contributed by atoms with Crippen molar-refractivity contribution in [2.75, 3.05) is 6.54 Å². The van der Waals surface area contributed by atoms with Crippen molar-refractivity contribution in [2.45, 2.75) is 19.6 Å². The lowest BCUT2D eigenvalue weighted by Gasteiger charge is -2.22. The Morgan fingerprint density at radius 3 is 2.73 bits per heavy atom. The third-order valence-corrected chi connectivity index (χ3v) is 4.68. The molecule has 0 bridgehead atoms. The second kappa shape index (κ2) is 7.28. The molecule has 0 radical (unpaired) electrons. The van der Waals surface area contributed by atoms with E-state index in [0.717, 1.165) is 11.3 Å². The summed E-state index contributed by atoms with van der Waals surface area (Å²) < 4.78 is 43.9. The van der Waals surface area contributed by atoms with Crippen molar-refractivity contribution in [2.24, 2.45) is 0 Å². The number of aromatic nitrogens is 2. The molecular weight excluding hydrogens is 367 g/mol. The Morgan fingerprint density at radius 2 is 2.12 bits per heavy atom. The van der Waals surface area contributed by atoms with Crippen molar-refractivity contribution in [3.05, 3.63) is 59.3 Å². The number of hydrogen-bond acceptors (Lipinski definition) is 5. The molecule has 26 heavy (non-hydrogen) atoms. The highest BCUT2D eigenvalue weighted by Crippen LogP contribution is 2.29. The van der Waals surface area contributed by atoms with Gasteiger partial charge in [0.25, 0.3) is 5.91 Å². The van der Waals surface area contributed by atoms with E-state index in [1.165, 1.54) is 12.3 Å². The summed E-state index contributed by atoms with van der Waals surface area (Å²) in [5.74, 6) is -0.457. The van der Waals surface area contributed by atoms with Gasteiger partial charge in [0.2, 0.25) is 0 Å². The van der Waals surface area contributed by atoms with E-state index in [4.69, 9.17) is 4.42 Å². The maximum absolute atomic E-state index is 12.9. The summed E-state index contributed by atoms with van der Waals surface area (Å²) in [4.78, 5) is 21.9. The van der Waals surface area contributed by atoms with Gasteiger partial charge in [-0.3, -0.25) is 9.78 Å². The first-order valence-corrected chi connectivity index (χ1v) is 8.41. The van der Waals surface area contributed by atoms with Crippen LogP contribution < -0.4 is 0 Å². The van der Waals surface area contributed by atoms with E-state index < -0.39 is 18.6 Å². The smallest absolute Gasteiger partial charge is 0.406 e. The third kappa shape index (κ3) is 4.29. The molecule has 0 aliphatic rings. The maximum atomic E-state index is 12.9. The van der Waals surface area contributed by atoms with Gasteiger partial charge in [-0.15, -0.1) is 11.3 Å². The molecule has 136 valence electrons. The standard InChI is InChI=1S/C17H14F3N3O2S/c1-11-14(26-15(22-11)12-4-2-6-21-8-12)16(24)23(10-17(18,19)20)9-13-5-3-7-25-13/h2-8H,9-10H2,1H3. The summed E-state index contributed by atoms with van der Waals surface area (Å²) in [7, 11) is 0. The van der Waals surface area contributed by atoms with Crippen molar-refractivity contribution in [1.82, 2.24) is 14.9 Å². The van der Waals surface area contributed by atoms with Crippen LogP contribution in [0.15, 0.2) is 47.3 Å². The van der Waals surface area contributed by atoms with Crippen LogP contribution >= 0.6 is 11.3 Å². The first kappa shape index (κ1) is 18.1. The summed E-state index contributed by atoms with van der Waals surface area (Å²) in [6.45, 7) is -0.0424. The minimum absolute atomic E-state index is 0.166. The van der Waals surface area contributed by atoms with Crippen LogP contribution in [0.2, 0.25) is 0 Å². The monoisotopic (exact) mass is 381 g/mol. The van der Waals surface area contributed by atoms with E-state index in [1.807, 2.05) is 0 Å². The molecule has 0 saturated heterocycles. The van der Waals surface area contributed by atoms with Gasteiger partial charge in [-0.1, -0.05) is 0 Å². The van der Waals surface area contributed by atoms with E-state index in [2.05, 4.69) is 9.97 Å². The minimum Gasteiger partial charge on any atom is -0.467 e. The number of thiazole rings is 1. The van der Waals surface area contributed by atoms with Crippen LogP contribution in [0, 0.1) is 6.92 Å². The average molecular weight is 381 g/mol. The number of aryl methyl sites for hydroxylation is 1. The average Bonchev–Trinajstić information content (AvgIpc) is 3.23. The predicted octanol–water partition coefficient (Wildman–Crippen LogP) is 4.31. The number of furan rings is 1. The van der Waals surface area contributed by atoms with Gasteiger partial charge < -0.3 is 9.32 Å². The molecule has 0 N–H and O–H groups in total. The molecule has 9 heteroatoms. The number of amides is 1. The van der Waals surface area contributed by atoms with Crippen molar-refractivity contribution >= 4 is 17.2 Å². The summed E-state index contributed by atoms with van der Waals surface area (Å²) >= 11 is 1.05. The van der Waals surface area contributed by atoms with Gasteiger partial charge in [-0.2, -0.15) is 13.2 Å². The highest BCUT2D eigenvalue weighted by molar-refractivity contribution is 7.17. The lowest BCUT2D eigenvalue weighted by atomic mass is 10.3. The molecule has 1 amide bonds. The molecule has 3 aromatic rings. The van der Waals surface area contributed by atoms with E-state index >= 15 is 0 Å². The predicted molar refractivity (Wildman–Crippen MR) is 89.6 cm³/mol. The van der Waals surface area contributed by atoms with Crippen LogP contribution in [-0.4, -0.2) is 33.5 Å². The van der Waals surface area contributed by atoms with E-state index in [1.54, 1.807) is 37.5 Å². The molecule has 0 aliphatic heterocycles. The van der Waals surface area contributed by atoms with Gasteiger partial charge in [0.1, 0.15) is 22.2 Å². The molecule has 0 aromatic carbocycles. The van der Waals surface area contributed by atoms with Crippen molar-refractivity contribution < 1.29 is 22.4 Å². The molecule has 0 saturated carbocycles. The quantitative estimate of drug-likeness (QED) is 0.661. The number of nitrogens with zero attached hydrogens (tertiary/aromatic N) is 3. The fourth-order valence-electron chi connectivity index (χ4n) is 2.36. The van der Waals surface area contributed by atoms with E-state index in [0.29, 0.717) is 21.2 Å². The zero-order chi connectivity index (χ0) is 18.7. The fraction of sp³-hybridized carbons (Fsp3) is 0.235. The molecular formula is C17H14F3N3O2S. The van der Waals surface area contributed by atoms with Crippen LogP contribution in [0.3, 0.4) is 0 Å². The fourth-order valence-corrected chi connectivity index (χ4v) is 3.38. The van der Waals surface area contributed by atoms with Gasteiger partial charge in [-0.05, 0) is 31.2 Å². The number of carbonyl (C=O) groups excluding carboxylic acids is 1. The number of pyridine rings is 1. The molecule has 3 rings (SSSR count). The molecule has 3 aromatic heterocycles. The summed E-state index contributed by atoms with van der Waals surface area (Å²) in [5.41, 5.74) is 1.08. The maximum Gasteiger partial charge on any atom is 0.406 e. The Bertz CT molecular complexity index is 877. The number of carbonyl (C=O) groups is 1. The third-order valence-electron chi connectivity index (χ3n) is 3.48. The lowest BCUT2D eigenvalue weighted by Crippen LogP contribution is -2.38. The lowest BCUT2D eigenvalue weighted by molar-refractivity contribution is -0.142. The topological polar surface area (TPSA) is 59.2 Å². The zero-order valence-electron chi connectivity index (χ0n) is 13.7. The normalized spacial score (nSPS) is 11.5. The van der Waals surface area contributed by atoms with Gasteiger partial charge in [0.15, 0.2) is 0 Å². The Hall–Kier alpha value is -2.68. The molecule has 0 spiro atoms. The molecule has 3 heterocycles. The summed E-state index contributed by atoms with van der Waals surface area (Å²) in [6, 6.07) is 6.58. The van der Waals surface area contributed by atoms with Gasteiger partial charge in [0.05, 0.1) is 18.5 Å². The minimum atomic E-state index is -4.52. The molecule has 0 unspecified atom stereocenters. The number of alkyl halides is 3. The Labute approximate surface area is 151 Å². The van der Waals surface area contributed by atoms with Gasteiger partial charge >= 0.3 is 6.18 Å². The molecule has 0 atom stereocenters. The Morgan fingerprint density at radius 1 is 1.31 bits per heavy atom. The highest BCUT2D eigenvalue weighted by Gasteiger charge is 2.35. The first-order valence-electron chi connectivity index (χ1n) is 7.60. The zero-order valence-corrected chi connectivity index (χ0v) is 14.5. The van der Waals surface area contributed by atoms with Crippen LogP contribution in [0.1, 0.15) is 21.1 Å². The molecule has 5 nitrogen and oxygen atoms in total. The second-order valence-corrected chi connectivity index (χ2v) is 6.53. The number of hydrogen-bond donors (Lipinski definition) is 0. The Kier molecular flexibility index (Phi) is 5.08. The van der Waals surface area contributed by atoms with Gasteiger partial charge in [-0.25, -0.2) is 4.98 Å². The summed E-state index contributed by atoms with van der Waals surface area (Å²) in [6.07, 6.45) is 0.0182. The molecule has 0 aliphatic carbocycles. The van der Waals surface area contributed by atoms with Crippen LogP contribution in [0.4, 0.5) is 13.2 Å². The summed E-state index contributed by atoms with van der Waals surface area (Å²) in [5, 5.41) is 0.531.